The van der Waals surface area contributed by atoms with E-state index in [1.54, 1.807) is 13.0 Å². The molecule has 3 unspecified atom stereocenters. The van der Waals surface area contributed by atoms with E-state index in [1.807, 2.05) is 6.92 Å². The summed E-state index contributed by atoms with van der Waals surface area (Å²) in [4.78, 5) is 24.5. The first-order valence-electron chi connectivity index (χ1n) is 6.89. The molecular formula is C15H20N2O4. The molecule has 0 amide bonds. The fourth-order valence-electron chi connectivity index (χ4n) is 2.35. The number of fused-ring (bicyclic) bond motifs is 1. The molecule has 3 atom stereocenters. The van der Waals surface area contributed by atoms with Crippen LogP contribution in [0.5, 0.6) is 5.75 Å². The first kappa shape index (κ1) is 15.5. The number of hydrogen-bond donors (Lipinski definition) is 3. The number of carbonyl (C=O) groups excluding carboxylic acids is 2. The summed E-state index contributed by atoms with van der Waals surface area (Å²) in [6, 6.07) is 2.49. The van der Waals surface area contributed by atoms with E-state index in [1.165, 1.54) is 6.07 Å². The van der Waals surface area contributed by atoms with Gasteiger partial charge in [-0.05, 0) is 19.1 Å². The molecule has 114 valence electrons. The van der Waals surface area contributed by atoms with Gasteiger partial charge in [0.05, 0.1) is 23.8 Å². The minimum Gasteiger partial charge on any atom is -0.489 e. The van der Waals surface area contributed by atoms with Gasteiger partial charge in [0.2, 0.25) is 0 Å². The molecule has 1 aromatic carbocycles. The third-order valence-electron chi connectivity index (χ3n) is 3.87. The lowest BCUT2D eigenvalue weighted by Gasteiger charge is -2.29. The Kier molecular flexibility index (Phi) is 4.29. The Morgan fingerprint density at radius 2 is 2.10 bits per heavy atom. The zero-order chi connectivity index (χ0) is 15.7. The van der Waals surface area contributed by atoms with E-state index in [-0.39, 0.29) is 53.4 Å². The summed E-state index contributed by atoms with van der Waals surface area (Å²) in [6.45, 7) is 3.31. The van der Waals surface area contributed by atoms with Gasteiger partial charge in [0.1, 0.15) is 11.9 Å². The van der Waals surface area contributed by atoms with Gasteiger partial charge in [0.15, 0.2) is 11.6 Å². The molecule has 0 spiro atoms. The van der Waals surface area contributed by atoms with Crippen molar-refractivity contribution in [3.63, 3.8) is 0 Å². The molecule has 21 heavy (non-hydrogen) atoms. The minimum atomic E-state index is -0.640. The van der Waals surface area contributed by atoms with Gasteiger partial charge in [-0.25, -0.2) is 0 Å². The quantitative estimate of drug-likeness (QED) is 0.557. The molecule has 1 aromatic rings. The predicted molar refractivity (Wildman–Crippen MR) is 78.4 cm³/mol. The second-order valence-corrected chi connectivity index (χ2v) is 5.45. The van der Waals surface area contributed by atoms with Gasteiger partial charge in [-0.2, -0.15) is 0 Å². The SMILES string of the molecule is CC1Oc2ccc(C(=O)CC(N)CO)c(N)c2C(=O)C1C. The molecule has 6 nitrogen and oxygen atoms in total. The molecule has 0 aliphatic carbocycles. The number of carbonyl (C=O) groups is 2. The zero-order valence-corrected chi connectivity index (χ0v) is 12.1. The van der Waals surface area contributed by atoms with Crippen molar-refractivity contribution in [1.29, 1.82) is 0 Å². The summed E-state index contributed by atoms with van der Waals surface area (Å²) < 4.78 is 5.66. The van der Waals surface area contributed by atoms with Crippen molar-refractivity contribution in [3.8, 4) is 5.75 Å². The van der Waals surface area contributed by atoms with Gasteiger partial charge in [-0.1, -0.05) is 6.92 Å². The summed E-state index contributed by atoms with van der Waals surface area (Å²) in [5.41, 5.74) is 12.2. The van der Waals surface area contributed by atoms with E-state index in [4.69, 9.17) is 21.3 Å². The second kappa shape index (κ2) is 5.83. The maximum atomic E-state index is 12.4. The summed E-state index contributed by atoms with van der Waals surface area (Å²) in [5.74, 6) is -0.325. The maximum Gasteiger partial charge on any atom is 0.175 e. The smallest absolute Gasteiger partial charge is 0.175 e. The Balaban J connectivity index is 2.40. The molecule has 5 N–H and O–H groups in total. The van der Waals surface area contributed by atoms with Crippen LogP contribution in [0.2, 0.25) is 0 Å². The van der Waals surface area contributed by atoms with Crippen LogP contribution in [0.3, 0.4) is 0 Å². The van der Waals surface area contributed by atoms with E-state index < -0.39 is 6.04 Å². The van der Waals surface area contributed by atoms with E-state index >= 15 is 0 Å². The fourth-order valence-corrected chi connectivity index (χ4v) is 2.35. The third kappa shape index (κ3) is 2.77. The first-order valence-corrected chi connectivity index (χ1v) is 6.89. The van der Waals surface area contributed by atoms with Crippen LogP contribution in [-0.2, 0) is 0 Å². The van der Waals surface area contributed by atoms with Crippen molar-refractivity contribution < 1.29 is 19.4 Å². The Morgan fingerprint density at radius 3 is 2.71 bits per heavy atom. The molecule has 1 aliphatic rings. The lowest BCUT2D eigenvalue weighted by atomic mass is 9.88. The average molecular weight is 292 g/mol. The fraction of sp³-hybridized carbons (Fsp3) is 0.467. The highest BCUT2D eigenvalue weighted by atomic mass is 16.5. The number of aliphatic hydroxyl groups is 1. The van der Waals surface area contributed by atoms with Crippen LogP contribution in [0, 0.1) is 5.92 Å². The first-order chi connectivity index (χ1) is 9.86. The molecule has 0 saturated heterocycles. The lowest BCUT2D eigenvalue weighted by molar-refractivity contribution is 0.0732. The number of benzene rings is 1. The van der Waals surface area contributed by atoms with Gasteiger partial charge < -0.3 is 21.3 Å². The highest BCUT2D eigenvalue weighted by Crippen LogP contribution is 2.36. The van der Waals surface area contributed by atoms with Crippen molar-refractivity contribution in [2.75, 3.05) is 12.3 Å². The van der Waals surface area contributed by atoms with Crippen LogP contribution in [0.1, 0.15) is 41.0 Å². The molecule has 0 fully saturated rings. The number of nitrogens with two attached hydrogens (primary N) is 2. The van der Waals surface area contributed by atoms with Gasteiger partial charge >= 0.3 is 0 Å². The standard InChI is InChI=1S/C15H20N2O4/c1-7-8(2)21-12-4-3-10(11(19)5-9(16)6-18)14(17)13(12)15(7)20/h3-4,7-9,18H,5-6,16-17H2,1-2H3. The van der Waals surface area contributed by atoms with Crippen molar-refractivity contribution in [2.45, 2.75) is 32.4 Å². The van der Waals surface area contributed by atoms with Crippen molar-refractivity contribution in [3.05, 3.63) is 23.3 Å². The molecule has 6 heteroatoms. The Hall–Kier alpha value is -1.92. The van der Waals surface area contributed by atoms with E-state index in [2.05, 4.69) is 0 Å². The van der Waals surface area contributed by atoms with Crippen LogP contribution in [0.25, 0.3) is 0 Å². The highest BCUT2D eigenvalue weighted by Gasteiger charge is 2.34. The number of anilines is 1. The van der Waals surface area contributed by atoms with Crippen molar-refractivity contribution in [2.24, 2.45) is 11.7 Å². The maximum absolute atomic E-state index is 12.4. The molecule has 2 rings (SSSR count). The summed E-state index contributed by atoms with van der Waals surface area (Å²) >= 11 is 0. The largest absolute Gasteiger partial charge is 0.489 e. The number of nitrogen functional groups attached to an aromatic ring is 1. The second-order valence-electron chi connectivity index (χ2n) is 5.45. The van der Waals surface area contributed by atoms with Crippen molar-refractivity contribution in [1.82, 2.24) is 0 Å². The Bertz CT molecular complexity index is 585. The number of rotatable bonds is 4. The van der Waals surface area contributed by atoms with Gasteiger partial charge in [-0.3, -0.25) is 9.59 Å². The summed E-state index contributed by atoms with van der Waals surface area (Å²) in [6.07, 6.45) is -0.255. The number of hydrogen-bond acceptors (Lipinski definition) is 6. The summed E-state index contributed by atoms with van der Waals surface area (Å²) in [5, 5.41) is 8.92. The topological polar surface area (TPSA) is 116 Å². The molecule has 1 aliphatic heterocycles. The Morgan fingerprint density at radius 1 is 1.43 bits per heavy atom. The van der Waals surface area contributed by atoms with Crippen molar-refractivity contribution >= 4 is 17.3 Å². The normalized spacial score (nSPS) is 22.4. The monoisotopic (exact) mass is 292 g/mol. The van der Waals surface area contributed by atoms with E-state index in [9.17, 15) is 9.59 Å². The summed E-state index contributed by atoms with van der Waals surface area (Å²) in [7, 11) is 0. The molecule has 0 saturated carbocycles. The third-order valence-corrected chi connectivity index (χ3v) is 3.87. The number of aliphatic hydroxyl groups excluding tert-OH is 1. The van der Waals surface area contributed by atoms with Crippen LogP contribution in [-0.4, -0.2) is 35.4 Å². The molecule has 0 radical (unpaired) electrons. The average Bonchev–Trinajstić information content (AvgIpc) is 2.44. The predicted octanol–water partition coefficient (Wildman–Crippen LogP) is 0.761. The van der Waals surface area contributed by atoms with Crippen LogP contribution in [0.15, 0.2) is 12.1 Å². The molecule has 0 bridgehead atoms. The van der Waals surface area contributed by atoms with Gasteiger partial charge in [0, 0.05) is 18.0 Å². The minimum absolute atomic E-state index is 0.0273. The number of ether oxygens (including phenoxy) is 1. The molecule has 0 aromatic heterocycles. The lowest BCUT2D eigenvalue weighted by Crippen LogP contribution is -2.34. The molecular weight excluding hydrogens is 272 g/mol. The van der Waals surface area contributed by atoms with E-state index in [0.29, 0.717) is 5.75 Å². The number of Topliss-reactive ketones (excluding diaryl/α,β-unsaturated/α-hetero) is 2. The highest BCUT2D eigenvalue weighted by molar-refractivity contribution is 6.11. The van der Waals surface area contributed by atoms with Gasteiger partial charge in [-0.15, -0.1) is 0 Å². The molecule has 1 heterocycles. The number of ketones is 2. The zero-order valence-electron chi connectivity index (χ0n) is 12.1. The Labute approximate surface area is 123 Å². The van der Waals surface area contributed by atoms with E-state index in [0.717, 1.165) is 0 Å². The van der Waals surface area contributed by atoms with Crippen LogP contribution in [0.4, 0.5) is 5.69 Å². The van der Waals surface area contributed by atoms with Gasteiger partial charge in [0.25, 0.3) is 0 Å². The van der Waals surface area contributed by atoms with Crippen LogP contribution < -0.4 is 16.2 Å². The van der Waals surface area contributed by atoms with Crippen LogP contribution >= 0.6 is 0 Å².